The molecule has 2 N–H and O–H groups in total. The van der Waals surface area contributed by atoms with Crippen LogP contribution in [0.4, 0.5) is 4.39 Å². The first kappa shape index (κ1) is 17.5. The summed E-state index contributed by atoms with van der Waals surface area (Å²) >= 11 is 0. The van der Waals surface area contributed by atoms with E-state index in [0.29, 0.717) is 5.56 Å². The van der Waals surface area contributed by atoms with Crippen molar-refractivity contribution in [3.8, 4) is 0 Å². The van der Waals surface area contributed by atoms with Crippen LogP contribution in [0.15, 0.2) is 53.3 Å². The summed E-state index contributed by atoms with van der Waals surface area (Å²) in [5.74, 6) is -0.445. The highest BCUT2D eigenvalue weighted by atomic mass is 19.1. The number of aromatic amines is 1. The Hall–Kier alpha value is -2.95. The second-order valence-corrected chi connectivity index (χ2v) is 7.30. The molecule has 1 aliphatic rings. The maximum Gasteiger partial charge on any atom is 0.253 e. The Kier molecular flexibility index (Phi) is 4.52. The van der Waals surface area contributed by atoms with E-state index in [1.54, 1.807) is 12.1 Å². The van der Waals surface area contributed by atoms with Gasteiger partial charge in [0, 0.05) is 17.6 Å². The van der Waals surface area contributed by atoms with Gasteiger partial charge in [-0.2, -0.15) is 0 Å². The Morgan fingerprint density at radius 2 is 1.93 bits per heavy atom. The minimum Gasteiger partial charge on any atom is -0.351 e. The third kappa shape index (κ3) is 3.77. The second-order valence-electron chi connectivity index (χ2n) is 7.30. The van der Waals surface area contributed by atoms with Gasteiger partial charge < -0.3 is 10.3 Å². The van der Waals surface area contributed by atoms with Gasteiger partial charge in [0.1, 0.15) is 5.82 Å². The first-order valence-electron chi connectivity index (χ1n) is 9.17. The summed E-state index contributed by atoms with van der Waals surface area (Å²) in [5, 5.41) is 3.84. The molecule has 2 aromatic carbocycles. The Labute approximate surface area is 156 Å². The van der Waals surface area contributed by atoms with E-state index in [9.17, 15) is 14.0 Å². The summed E-state index contributed by atoms with van der Waals surface area (Å²) in [5.41, 5.74) is 3.03. The lowest BCUT2D eigenvalue weighted by atomic mass is 9.93. The molecule has 4 rings (SSSR count). The van der Waals surface area contributed by atoms with Crippen molar-refractivity contribution in [2.24, 2.45) is 5.92 Å². The van der Waals surface area contributed by atoms with Crippen LogP contribution >= 0.6 is 0 Å². The number of carbonyl (C=O) groups is 1. The minimum atomic E-state index is -0.313. The molecule has 1 saturated carbocycles. The SMILES string of the molecule is Cc1ccc2[nH]c(=O)c(CNC(=O)C(c3ccc(F)cc3)C3CC3)cc2c1. The second kappa shape index (κ2) is 6.99. The van der Waals surface area contributed by atoms with E-state index in [-0.39, 0.29) is 35.7 Å². The van der Waals surface area contributed by atoms with Gasteiger partial charge in [-0.05, 0) is 67.0 Å². The standard InChI is InChI=1S/C22H21FN2O2/c1-13-2-9-19-16(10-13)11-17(21(26)25-19)12-24-22(27)20(14-3-4-14)15-5-7-18(23)8-6-15/h2,5-11,14,20H,3-4,12H2,1H3,(H,24,27)(H,25,26). The third-order valence-corrected chi connectivity index (χ3v) is 5.13. The molecule has 3 aromatic rings. The first-order valence-corrected chi connectivity index (χ1v) is 9.17. The van der Waals surface area contributed by atoms with Crippen LogP contribution in [0.3, 0.4) is 0 Å². The largest absolute Gasteiger partial charge is 0.351 e. The van der Waals surface area contributed by atoms with E-state index < -0.39 is 0 Å². The molecule has 138 valence electrons. The molecule has 0 radical (unpaired) electrons. The van der Waals surface area contributed by atoms with E-state index in [0.717, 1.165) is 34.9 Å². The van der Waals surface area contributed by atoms with Gasteiger partial charge in [-0.1, -0.05) is 23.8 Å². The summed E-state index contributed by atoms with van der Waals surface area (Å²) in [6.07, 6.45) is 1.98. The molecule has 0 saturated heterocycles. The van der Waals surface area contributed by atoms with E-state index >= 15 is 0 Å². The number of rotatable bonds is 5. The van der Waals surface area contributed by atoms with Crippen molar-refractivity contribution in [3.63, 3.8) is 0 Å². The van der Waals surface area contributed by atoms with Gasteiger partial charge in [0.2, 0.25) is 5.91 Å². The van der Waals surface area contributed by atoms with Gasteiger partial charge in [0.15, 0.2) is 0 Å². The summed E-state index contributed by atoms with van der Waals surface area (Å²) in [4.78, 5) is 28.0. The smallest absolute Gasteiger partial charge is 0.253 e. The quantitative estimate of drug-likeness (QED) is 0.724. The molecule has 1 aromatic heterocycles. The van der Waals surface area contributed by atoms with E-state index in [1.165, 1.54) is 12.1 Å². The molecule has 1 atom stereocenters. The van der Waals surface area contributed by atoms with Crippen molar-refractivity contribution in [2.75, 3.05) is 0 Å². The molecule has 27 heavy (non-hydrogen) atoms. The minimum absolute atomic E-state index is 0.118. The summed E-state index contributed by atoms with van der Waals surface area (Å²) in [7, 11) is 0. The number of aromatic nitrogens is 1. The molecule has 0 spiro atoms. The zero-order valence-corrected chi connectivity index (χ0v) is 15.1. The van der Waals surface area contributed by atoms with Crippen molar-refractivity contribution < 1.29 is 9.18 Å². The highest BCUT2D eigenvalue weighted by molar-refractivity contribution is 5.84. The van der Waals surface area contributed by atoms with Crippen LogP contribution < -0.4 is 10.9 Å². The first-order chi connectivity index (χ1) is 13.0. The topological polar surface area (TPSA) is 62.0 Å². The fraction of sp³-hybridized carbons (Fsp3) is 0.273. The van der Waals surface area contributed by atoms with E-state index in [4.69, 9.17) is 0 Å². The van der Waals surface area contributed by atoms with Crippen molar-refractivity contribution in [2.45, 2.75) is 32.2 Å². The third-order valence-electron chi connectivity index (χ3n) is 5.13. The molecule has 1 aliphatic carbocycles. The molecule has 1 unspecified atom stereocenters. The van der Waals surface area contributed by atoms with Crippen LogP contribution in [-0.4, -0.2) is 10.9 Å². The van der Waals surface area contributed by atoms with Crippen LogP contribution in [0.1, 0.15) is 35.4 Å². The maximum absolute atomic E-state index is 13.2. The Morgan fingerprint density at radius 1 is 1.19 bits per heavy atom. The maximum atomic E-state index is 13.2. The lowest BCUT2D eigenvalue weighted by molar-refractivity contribution is -0.123. The molecular weight excluding hydrogens is 343 g/mol. The van der Waals surface area contributed by atoms with Crippen molar-refractivity contribution in [3.05, 3.63) is 81.4 Å². The van der Waals surface area contributed by atoms with Gasteiger partial charge in [-0.15, -0.1) is 0 Å². The van der Waals surface area contributed by atoms with Crippen molar-refractivity contribution in [1.29, 1.82) is 0 Å². The molecule has 0 aliphatic heterocycles. The number of carbonyl (C=O) groups excluding carboxylic acids is 1. The number of pyridine rings is 1. The number of aryl methyl sites for hydroxylation is 1. The number of H-pyrrole nitrogens is 1. The number of benzene rings is 2. The van der Waals surface area contributed by atoms with E-state index in [2.05, 4.69) is 10.3 Å². The van der Waals surface area contributed by atoms with Crippen molar-refractivity contribution in [1.82, 2.24) is 10.3 Å². The number of fused-ring (bicyclic) bond motifs is 1. The highest BCUT2D eigenvalue weighted by Crippen LogP contribution is 2.42. The van der Waals surface area contributed by atoms with Crippen molar-refractivity contribution >= 4 is 16.8 Å². The average Bonchev–Trinajstić information content (AvgIpc) is 3.47. The number of nitrogens with one attached hydrogen (secondary N) is 2. The number of amides is 1. The Balaban J connectivity index is 1.54. The molecule has 4 nitrogen and oxygen atoms in total. The summed E-state index contributed by atoms with van der Waals surface area (Å²) in [6, 6.07) is 13.8. The summed E-state index contributed by atoms with van der Waals surface area (Å²) < 4.78 is 13.2. The fourth-order valence-electron chi connectivity index (χ4n) is 3.53. The highest BCUT2D eigenvalue weighted by Gasteiger charge is 2.37. The average molecular weight is 364 g/mol. The fourth-order valence-corrected chi connectivity index (χ4v) is 3.53. The normalized spacial score (nSPS) is 14.9. The van der Waals surface area contributed by atoms with Crippen LogP contribution in [-0.2, 0) is 11.3 Å². The van der Waals surface area contributed by atoms with Gasteiger partial charge in [-0.25, -0.2) is 4.39 Å². The number of hydrogen-bond acceptors (Lipinski definition) is 2. The lowest BCUT2D eigenvalue weighted by Gasteiger charge is -2.17. The molecule has 0 bridgehead atoms. The van der Waals surface area contributed by atoms with Crippen LogP contribution in [0.5, 0.6) is 0 Å². The van der Waals surface area contributed by atoms with Gasteiger partial charge >= 0.3 is 0 Å². The zero-order valence-electron chi connectivity index (χ0n) is 15.1. The summed E-state index contributed by atoms with van der Waals surface area (Å²) in [6.45, 7) is 2.16. The predicted molar refractivity (Wildman–Crippen MR) is 103 cm³/mol. The molecule has 5 heteroatoms. The molecule has 1 fully saturated rings. The predicted octanol–water partition coefficient (Wildman–Crippen LogP) is 3.79. The number of halogens is 1. The van der Waals surface area contributed by atoms with Gasteiger partial charge in [0.05, 0.1) is 5.92 Å². The van der Waals surface area contributed by atoms with Gasteiger partial charge in [0.25, 0.3) is 5.56 Å². The molecule has 1 amide bonds. The monoisotopic (exact) mass is 364 g/mol. The molecular formula is C22H21FN2O2. The Bertz CT molecular complexity index is 1050. The zero-order chi connectivity index (χ0) is 19.0. The number of hydrogen-bond donors (Lipinski definition) is 2. The lowest BCUT2D eigenvalue weighted by Crippen LogP contribution is -2.32. The van der Waals surface area contributed by atoms with Crippen LogP contribution in [0.25, 0.3) is 10.9 Å². The van der Waals surface area contributed by atoms with Gasteiger partial charge in [-0.3, -0.25) is 9.59 Å². The Morgan fingerprint density at radius 3 is 2.63 bits per heavy atom. The van der Waals surface area contributed by atoms with E-state index in [1.807, 2.05) is 31.2 Å². The van der Waals surface area contributed by atoms with Crippen LogP contribution in [0, 0.1) is 18.7 Å². The van der Waals surface area contributed by atoms with Crippen LogP contribution in [0.2, 0.25) is 0 Å². The molecule has 1 heterocycles.